The second-order valence-corrected chi connectivity index (χ2v) is 5.15. The Morgan fingerprint density at radius 2 is 2.06 bits per heavy atom. The summed E-state index contributed by atoms with van der Waals surface area (Å²) in [5.41, 5.74) is 0. The lowest BCUT2D eigenvalue weighted by molar-refractivity contribution is -0.118. The van der Waals surface area contributed by atoms with E-state index in [9.17, 15) is 4.79 Å². The van der Waals surface area contributed by atoms with E-state index in [-0.39, 0.29) is 0 Å². The maximum absolute atomic E-state index is 11.2. The molecule has 1 fully saturated rings. The van der Waals surface area contributed by atoms with Crippen LogP contribution in [0, 0.1) is 0 Å². The molecule has 1 rings (SSSR count). The number of rotatable bonds is 7. The van der Waals surface area contributed by atoms with Gasteiger partial charge < -0.3 is 0 Å². The van der Waals surface area contributed by atoms with Crippen molar-refractivity contribution in [3.05, 3.63) is 0 Å². The first-order valence-electron chi connectivity index (χ1n) is 6.97. The van der Waals surface area contributed by atoms with Crippen LogP contribution in [0.1, 0.15) is 65.2 Å². The van der Waals surface area contributed by atoms with E-state index in [4.69, 9.17) is 0 Å². The average Bonchev–Trinajstić information content (AvgIpc) is 2.26. The Kier molecular flexibility index (Phi) is 6.70. The third kappa shape index (κ3) is 5.11. The summed E-state index contributed by atoms with van der Waals surface area (Å²) in [4.78, 5) is 13.8. The molecule has 1 aliphatic rings. The smallest absolute Gasteiger partial charge is 0.131 e. The molecule has 0 spiro atoms. The van der Waals surface area contributed by atoms with Crippen molar-refractivity contribution in [1.82, 2.24) is 4.90 Å². The van der Waals surface area contributed by atoms with Crippen molar-refractivity contribution in [3.63, 3.8) is 0 Å². The van der Waals surface area contributed by atoms with Gasteiger partial charge in [0.1, 0.15) is 5.78 Å². The summed E-state index contributed by atoms with van der Waals surface area (Å²) in [5.74, 6) is 0.352. The van der Waals surface area contributed by atoms with Crippen molar-refractivity contribution in [2.24, 2.45) is 0 Å². The minimum absolute atomic E-state index is 0.352. The van der Waals surface area contributed by atoms with Crippen molar-refractivity contribution in [2.75, 3.05) is 13.1 Å². The molecule has 94 valence electrons. The Morgan fingerprint density at radius 1 is 1.25 bits per heavy atom. The van der Waals surface area contributed by atoms with Gasteiger partial charge in [0.15, 0.2) is 0 Å². The van der Waals surface area contributed by atoms with Gasteiger partial charge in [0, 0.05) is 12.5 Å². The molecule has 0 aromatic carbocycles. The highest BCUT2D eigenvalue weighted by Gasteiger charge is 2.22. The molecule has 1 aliphatic heterocycles. The monoisotopic (exact) mass is 225 g/mol. The van der Waals surface area contributed by atoms with Gasteiger partial charge in [-0.15, -0.1) is 0 Å². The molecule has 0 amide bonds. The van der Waals surface area contributed by atoms with Crippen LogP contribution in [0.4, 0.5) is 0 Å². The topological polar surface area (TPSA) is 20.3 Å². The van der Waals surface area contributed by atoms with Gasteiger partial charge in [0.2, 0.25) is 0 Å². The number of carbonyl (C=O) groups is 1. The summed E-state index contributed by atoms with van der Waals surface area (Å²) in [6, 6.07) is 0.549. The molecule has 0 N–H and O–H groups in total. The van der Waals surface area contributed by atoms with Crippen molar-refractivity contribution in [3.8, 4) is 0 Å². The predicted molar refractivity (Wildman–Crippen MR) is 68.7 cm³/mol. The Labute approximate surface area is 100 Å². The molecule has 1 unspecified atom stereocenters. The van der Waals surface area contributed by atoms with Crippen molar-refractivity contribution in [1.29, 1.82) is 0 Å². The lowest BCUT2D eigenvalue weighted by Gasteiger charge is -2.35. The molecule has 2 heteroatoms. The van der Waals surface area contributed by atoms with Crippen LogP contribution in [0.15, 0.2) is 0 Å². The first kappa shape index (κ1) is 13.7. The molecule has 0 saturated carbocycles. The summed E-state index contributed by atoms with van der Waals surface area (Å²) < 4.78 is 0. The summed E-state index contributed by atoms with van der Waals surface area (Å²) in [6.45, 7) is 6.39. The van der Waals surface area contributed by atoms with E-state index >= 15 is 0 Å². The molecular formula is C14H27NO. The third-order valence-electron chi connectivity index (χ3n) is 3.57. The molecule has 0 radical (unpaired) electrons. The Balaban J connectivity index is 2.26. The molecule has 0 aromatic rings. The molecule has 1 atom stereocenters. The number of nitrogens with zero attached hydrogens (tertiary/aromatic N) is 1. The molecule has 0 aliphatic carbocycles. The zero-order chi connectivity index (χ0) is 11.8. The van der Waals surface area contributed by atoms with Gasteiger partial charge in [0.05, 0.1) is 0 Å². The van der Waals surface area contributed by atoms with Crippen molar-refractivity contribution in [2.45, 2.75) is 71.3 Å². The van der Waals surface area contributed by atoms with Crippen LogP contribution in [-0.2, 0) is 4.79 Å². The molecule has 16 heavy (non-hydrogen) atoms. The Bertz CT molecular complexity index is 203. The molecule has 1 saturated heterocycles. The second-order valence-electron chi connectivity index (χ2n) is 5.15. The SMILES string of the molecule is CCCCCCN1CCCCC1CC(C)=O. The van der Waals surface area contributed by atoms with Crippen LogP contribution in [-0.4, -0.2) is 29.8 Å². The van der Waals surface area contributed by atoms with E-state index in [0.29, 0.717) is 11.8 Å². The van der Waals surface area contributed by atoms with E-state index < -0.39 is 0 Å². The van der Waals surface area contributed by atoms with Crippen molar-refractivity contribution < 1.29 is 4.79 Å². The highest BCUT2D eigenvalue weighted by atomic mass is 16.1. The molecule has 2 nitrogen and oxygen atoms in total. The van der Waals surface area contributed by atoms with Gasteiger partial charge >= 0.3 is 0 Å². The number of ketones is 1. The Hall–Kier alpha value is -0.370. The van der Waals surface area contributed by atoms with Gasteiger partial charge in [-0.1, -0.05) is 32.6 Å². The Morgan fingerprint density at radius 3 is 2.75 bits per heavy atom. The van der Waals surface area contributed by atoms with Crippen LogP contribution in [0.2, 0.25) is 0 Å². The van der Waals surface area contributed by atoms with E-state index in [1.54, 1.807) is 6.92 Å². The fraction of sp³-hybridized carbons (Fsp3) is 0.929. The molecule has 1 heterocycles. The summed E-state index contributed by atoms with van der Waals surface area (Å²) in [7, 11) is 0. The van der Waals surface area contributed by atoms with Crippen LogP contribution < -0.4 is 0 Å². The largest absolute Gasteiger partial charge is 0.300 e. The number of likely N-dealkylation sites (tertiary alicyclic amines) is 1. The average molecular weight is 225 g/mol. The summed E-state index contributed by atoms with van der Waals surface area (Å²) >= 11 is 0. The zero-order valence-electron chi connectivity index (χ0n) is 11.0. The van der Waals surface area contributed by atoms with Crippen LogP contribution in [0.3, 0.4) is 0 Å². The first-order chi connectivity index (χ1) is 7.74. The standard InChI is InChI=1S/C14H27NO/c1-3-4-5-7-10-15-11-8-6-9-14(15)12-13(2)16/h14H,3-12H2,1-2H3. The maximum atomic E-state index is 11.2. The van der Waals surface area contributed by atoms with Gasteiger partial charge in [-0.2, -0.15) is 0 Å². The molecule has 0 aromatic heterocycles. The fourth-order valence-corrected chi connectivity index (χ4v) is 2.66. The van der Waals surface area contributed by atoms with Gasteiger partial charge in [0.25, 0.3) is 0 Å². The number of Topliss-reactive ketones (excluding diaryl/α,β-unsaturated/α-hetero) is 1. The van der Waals surface area contributed by atoms with E-state index in [1.165, 1.54) is 58.0 Å². The summed E-state index contributed by atoms with van der Waals surface area (Å²) in [6.07, 6.45) is 9.94. The second kappa shape index (κ2) is 7.83. The van der Waals surface area contributed by atoms with Crippen molar-refractivity contribution >= 4 is 5.78 Å². The summed E-state index contributed by atoms with van der Waals surface area (Å²) in [5, 5.41) is 0. The number of carbonyl (C=O) groups excluding carboxylic acids is 1. The normalized spacial score (nSPS) is 22.2. The van der Waals surface area contributed by atoms with Gasteiger partial charge in [-0.05, 0) is 39.3 Å². The van der Waals surface area contributed by atoms with Crippen LogP contribution in [0.5, 0.6) is 0 Å². The van der Waals surface area contributed by atoms with Crippen LogP contribution in [0.25, 0.3) is 0 Å². The lowest BCUT2D eigenvalue weighted by atomic mass is 9.97. The highest BCUT2D eigenvalue weighted by Crippen LogP contribution is 2.20. The zero-order valence-corrected chi connectivity index (χ0v) is 11.0. The maximum Gasteiger partial charge on any atom is 0.131 e. The van der Waals surface area contributed by atoms with Gasteiger partial charge in [-0.25, -0.2) is 0 Å². The first-order valence-corrected chi connectivity index (χ1v) is 6.97. The minimum Gasteiger partial charge on any atom is -0.300 e. The molecular weight excluding hydrogens is 198 g/mol. The molecule has 0 bridgehead atoms. The number of hydrogen-bond donors (Lipinski definition) is 0. The number of piperidine rings is 1. The van der Waals surface area contributed by atoms with Gasteiger partial charge in [-0.3, -0.25) is 9.69 Å². The van der Waals surface area contributed by atoms with E-state index in [1.807, 2.05) is 0 Å². The van der Waals surface area contributed by atoms with Crippen LogP contribution >= 0.6 is 0 Å². The number of hydrogen-bond acceptors (Lipinski definition) is 2. The minimum atomic E-state index is 0.352. The lowest BCUT2D eigenvalue weighted by Crippen LogP contribution is -2.41. The quantitative estimate of drug-likeness (QED) is 0.619. The highest BCUT2D eigenvalue weighted by molar-refractivity contribution is 5.76. The number of unbranched alkanes of at least 4 members (excludes halogenated alkanes) is 3. The van der Waals surface area contributed by atoms with E-state index in [2.05, 4.69) is 11.8 Å². The predicted octanol–water partition coefficient (Wildman–Crippen LogP) is 3.40. The third-order valence-corrected chi connectivity index (χ3v) is 3.57. The fourth-order valence-electron chi connectivity index (χ4n) is 2.66. The van der Waals surface area contributed by atoms with E-state index in [0.717, 1.165) is 6.42 Å².